The minimum atomic E-state index is -4.83. The Kier molecular flexibility index (Phi) is 6.26. The second-order valence-electron chi connectivity index (χ2n) is 7.45. The van der Waals surface area contributed by atoms with Gasteiger partial charge in [0.15, 0.2) is 5.75 Å². The molecule has 5 nitrogen and oxygen atoms in total. The van der Waals surface area contributed by atoms with E-state index in [9.17, 15) is 18.0 Å². The zero-order valence-electron chi connectivity index (χ0n) is 17.4. The predicted molar refractivity (Wildman–Crippen MR) is 120 cm³/mol. The fraction of sp³-hybridized carbons (Fsp3) is 0.160. The second kappa shape index (κ2) is 9.28. The Morgan fingerprint density at radius 2 is 1.64 bits per heavy atom. The summed E-state index contributed by atoms with van der Waals surface area (Å²) in [6.07, 6.45) is -2.28. The van der Waals surface area contributed by atoms with Crippen LogP contribution in [0.5, 0.6) is 5.75 Å². The molecule has 0 radical (unpaired) electrons. The Hall–Kier alpha value is -3.94. The van der Waals surface area contributed by atoms with Crippen LogP contribution in [-0.4, -0.2) is 25.6 Å². The summed E-state index contributed by atoms with van der Waals surface area (Å²) in [7, 11) is 0. The normalized spacial score (nSPS) is 12.9. The van der Waals surface area contributed by atoms with E-state index >= 15 is 0 Å². The summed E-state index contributed by atoms with van der Waals surface area (Å²) in [5.41, 5.74) is 10.3. The minimum Gasteiger partial charge on any atom is -0.449 e. The highest BCUT2D eigenvalue weighted by molar-refractivity contribution is 5.79. The van der Waals surface area contributed by atoms with Crippen molar-refractivity contribution in [1.29, 1.82) is 0 Å². The van der Waals surface area contributed by atoms with E-state index in [2.05, 4.69) is 22.2 Å². The number of nitrogen functional groups attached to an aromatic ring is 1. The Bertz CT molecular complexity index is 1150. The van der Waals surface area contributed by atoms with Gasteiger partial charge < -0.3 is 20.5 Å². The number of carbonyl (C=O) groups excluding carboxylic acids is 1. The number of hydrogen-bond donors (Lipinski definition) is 2. The van der Waals surface area contributed by atoms with Crippen LogP contribution in [0, 0.1) is 0 Å². The SMILES string of the molecule is Nc1ccc(C=CCNC(=O)OCC2c3ccccc3-c3ccccc32)cc1OC(F)(F)F. The molecule has 3 aromatic rings. The number of ether oxygens (including phenoxy) is 2. The number of rotatable bonds is 6. The highest BCUT2D eigenvalue weighted by Crippen LogP contribution is 2.44. The van der Waals surface area contributed by atoms with Crippen LogP contribution in [-0.2, 0) is 4.74 Å². The maximum atomic E-state index is 12.4. The number of hydrogen-bond acceptors (Lipinski definition) is 4. The molecule has 0 saturated heterocycles. The highest BCUT2D eigenvalue weighted by atomic mass is 19.4. The molecule has 0 unspecified atom stereocenters. The third-order valence-corrected chi connectivity index (χ3v) is 5.28. The van der Waals surface area contributed by atoms with Crippen LogP contribution in [0.4, 0.5) is 23.7 Å². The standard InChI is InChI=1S/C25H21F3N2O3/c26-25(27,28)33-23-14-16(11-12-22(23)29)6-5-13-30-24(31)32-15-21-19-9-3-1-7-17(19)18-8-2-4-10-20(18)21/h1-12,14,21H,13,15,29H2,(H,30,31). The van der Waals surface area contributed by atoms with Crippen molar-refractivity contribution in [2.24, 2.45) is 0 Å². The molecule has 1 aliphatic rings. The van der Waals surface area contributed by atoms with Crippen LogP contribution < -0.4 is 15.8 Å². The average molecular weight is 454 g/mol. The van der Waals surface area contributed by atoms with Gasteiger partial charge in [-0.1, -0.05) is 66.7 Å². The van der Waals surface area contributed by atoms with Gasteiger partial charge in [0.25, 0.3) is 0 Å². The van der Waals surface area contributed by atoms with Crippen molar-refractivity contribution < 1.29 is 27.4 Å². The van der Waals surface area contributed by atoms with Crippen LogP contribution in [0.1, 0.15) is 22.6 Å². The summed E-state index contributed by atoms with van der Waals surface area (Å²) < 4.78 is 46.7. The lowest BCUT2D eigenvalue weighted by molar-refractivity contribution is -0.274. The van der Waals surface area contributed by atoms with E-state index in [4.69, 9.17) is 10.5 Å². The minimum absolute atomic E-state index is 0.0412. The van der Waals surface area contributed by atoms with Gasteiger partial charge >= 0.3 is 12.5 Å². The van der Waals surface area contributed by atoms with Crippen molar-refractivity contribution in [3.63, 3.8) is 0 Å². The summed E-state index contributed by atoms with van der Waals surface area (Å²) in [4.78, 5) is 12.2. The Balaban J connectivity index is 1.31. The zero-order chi connectivity index (χ0) is 23.4. The van der Waals surface area contributed by atoms with Crippen LogP contribution in [0.2, 0.25) is 0 Å². The van der Waals surface area contributed by atoms with E-state index in [-0.39, 0.29) is 24.8 Å². The third-order valence-electron chi connectivity index (χ3n) is 5.28. The molecule has 0 saturated carbocycles. The Labute approximate surface area is 188 Å². The molecule has 0 spiro atoms. The summed E-state index contributed by atoms with van der Waals surface area (Å²) in [6, 6.07) is 20.1. The molecule has 8 heteroatoms. The molecule has 1 aliphatic carbocycles. The van der Waals surface area contributed by atoms with Gasteiger partial charge in [0.05, 0.1) is 5.69 Å². The molecule has 0 aliphatic heterocycles. The Morgan fingerprint density at radius 1 is 1.00 bits per heavy atom. The maximum Gasteiger partial charge on any atom is 0.573 e. The van der Waals surface area contributed by atoms with E-state index in [1.165, 1.54) is 12.1 Å². The molecule has 0 atom stereocenters. The monoisotopic (exact) mass is 454 g/mol. The van der Waals surface area contributed by atoms with Gasteiger partial charge in [-0.25, -0.2) is 4.79 Å². The van der Waals surface area contributed by atoms with Crippen molar-refractivity contribution in [3.8, 4) is 16.9 Å². The number of carbonyl (C=O) groups is 1. The zero-order valence-corrected chi connectivity index (χ0v) is 17.4. The lowest BCUT2D eigenvalue weighted by Crippen LogP contribution is -2.26. The van der Waals surface area contributed by atoms with Gasteiger partial charge in [-0.3, -0.25) is 0 Å². The predicted octanol–water partition coefficient (Wildman–Crippen LogP) is 5.72. The molecule has 0 aromatic heterocycles. The summed E-state index contributed by atoms with van der Waals surface area (Å²) >= 11 is 0. The number of nitrogens with two attached hydrogens (primary N) is 1. The molecule has 170 valence electrons. The van der Waals surface area contributed by atoms with Gasteiger partial charge in [0.1, 0.15) is 6.61 Å². The van der Waals surface area contributed by atoms with Crippen molar-refractivity contribution >= 4 is 17.9 Å². The molecule has 3 aromatic carbocycles. The van der Waals surface area contributed by atoms with Crippen LogP contribution >= 0.6 is 0 Å². The topological polar surface area (TPSA) is 73.6 Å². The van der Waals surface area contributed by atoms with E-state index in [0.29, 0.717) is 5.56 Å². The van der Waals surface area contributed by atoms with Crippen molar-refractivity contribution in [1.82, 2.24) is 5.32 Å². The number of nitrogens with one attached hydrogen (secondary N) is 1. The average Bonchev–Trinajstić information content (AvgIpc) is 3.10. The number of fused-ring (bicyclic) bond motifs is 3. The van der Waals surface area contributed by atoms with E-state index in [1.54, 1.807) is 18.2 Å². The molecular weight excluding hydrogens is 433 g/mol. The first kappa shape index (κ1) is 22.3. The van der Waals surface area contributed by atoms with Gasteiger partial charge in [0, 0.05) is 12.5 Å². The molecule has 33 heavy (non-hydrogen) atoms. The maximum absolute atomic E-state index is 12.4. The van der Waals surface area contributed by atoms with Crippen LogP contribution in [0.25, 0.3) is 17.2 Å². The quantitative estimate of drug-likeness (QED) is 0.468. The number of alkyl carbamates (subject to hydrolysis) is 1. The van der Waals surface area contributed by atoms with Crippen LogP contribution in [0.15, 0.2) is 72.8 Å². The molecule has 1 amide bonds. The Morgan fingerprint density at radius 3 is 2.27 bits per heavy atom. The van der Waals surface area contributed by atoms with Gasteiger partial charge in [-0.05, 0) is 39.9 Å². The molecule has 0 fully saturated rings. The second-order valence-corrected chi connectivity index (χ2v) is 7.45. The van der Waals surface area contributed by atoms with Gasteiger partial charge in [-0.15, -0.1) is 13.2 Å². The first-order valence-electron chi connectivity index (χ1n) is 10.2. The molecule has 4 rings (SSSR count). The smallest absolute Gasteiger partial charge is 0.449 e. The number of alkyl halides is 3. The first-order chi connectivity index (χ1) is 15.8. The van der Waals surface area contributed by atoms with Gasteiger partial charge in [-0.2, -0.15) is 0 Å². The van der Waals surface area contributed by atoms with E-state index < -0.39 is 18.2 Å². The summed E-state index contributed by atoms with van der Waals surface area (Å²) in [5.74, 6) is -0.519. The molecule has 0 bridgehead atoms. The number of amides is 1. The van der Waals surface area contributed by atoms with Crippen molar-refractivity contribution in [3.05, 3.63) is 89.5 Å². The molecular formula is C25H21F3N2O3. The lowest BCUT2D eigenvalue weighted by atomic mass is 9.98. The number of anilines is 1. The van der Waals surface area contributed by atoms with Crippen molar-refractivity contribution in [2.45, 2.75) is 12.3 Å². The number of halogens is 3. The summed E-state index contributed by atoms with van der Waals surface area (Å²) in [6.45, 7) is 0.330. The van der Waals surface area contributed by atoms with Gasteiger partial charge in [0.2, 0.25) is 0 Å². The lowest BCUT2D eigenvalue weighted by Gasteiger charge is -2.14. The molecule has 0 heterocycles. The van der Waals surface area contributed by atoms with E-state index in [0.717, 1.165) is 22.3 Å². The van der Waals surface area contributed by atoms with E-state index in [1.807, 2.05) is 36.4 Å². The third kappa shape index (κ3) is 5.28. The highest BCUT2D eigenvalue weighted by Gasteiger charge is 2.32. The van der Waals surface area contributed by atoms with Crippen molar-refractivity contribution in [2.75, 3.05) is 18.9 Å². The molecule has 3 N–H and O–H groups in total. The summed E-state index contributed by atoms with van der Waals surface area (Å²) in [5, 5.41) is 2.61. The first-order valence-corrected chi connectivity index (χ1v) is 10.2. The fourth-order valence-electron chi connectivity index (χ4n) is 3.85. The fourth-order valence-corrected chi connectivity index (χ4v) is 3.85. The number of benzene rings is 3. The van der Waals surface area contributed by atoms with Crippen LogP contribution in [0.3, 0.4) is 0 Å². The largest absolute Gasteiger partial charge is 0.573 e.